The van der Waals surface area contributed by atoms with Crippen molar-refractivity contribution >= 4 is 11.8 Å². The van der Waals surface area contributed by atoms with E-state index in [1.165, 1.54) is 0 Å². The molecule has 0 saturated carbocycles. The van der Waals surface area contributed by atoms with Crippen LogP contribution in [0.1, 0.15) is 22.3 Å². The Hall–Kier alpha value is -3.49. The quantitative estimate of drug-likeness (QED) is 0.456. The molecule has 1 aliphatic heterocycles. The van der Waals surface area contributed by atoms with E-state index in [9.17, 15) is 9.59 Å². The van der Waals surface area contributed by atoms with Gasteiger partial charge in [-0.2, -0.15) is 5.10 Å². The van der Waals surface area contributed by atoms with E-state index in [4.69, 9.17) is 4.74 Å². The van der Waals surface area contributed by atoms with Gasteiger partial charge >= 0.3 is 0 Å². The maximum absolute atomic E-state index is 13.4. The number of carbonyl (C=O) groups excluding carboxylic acids is 2. The number of nitrogens with zero attached hydrogens (tertiary/aromatic N) is 4. The number of nitrogens with one attached hydrogen (secondary N) is 1. The van der Waals surface area contributed by atoms with Crippen molar-refractivity contribution in [2.24, 2.45) is 0 Å². The van der Waals surface area contributed by atoms with Crippen molar-refractivity contribution in [1.29, 1.82) is 0 Å². The third kappa shape index (κ3) is 6.77. The Morgan fingerprint density at radius 3 is 2.49 bits per heavy atom. The van der Waals surface area contributed by atoms with Crippen LogP contribution in [-0.2, 0) is 16.1 Å². The van der Waals surface area contributed by atoms with Gasteiger partial charge in [0, 0.05) is 64.4 Å². The summed E-state index contributed by atoms with van der Waals surface area (Å²) in [6, 6.07) is 18.0. The van der Waals surface area contributed by atoms with E-state index in [0.717, 1.165) is 23.1 Å². The molecule has 8 heteroatoms. The zero-order valence-electron chi connectivity index (χ0n) is 20.2. The van der Waals surface area contributed by atoms with Gasteiger partial charge in [0.1, 0.15) is 0 Å². The molecule has 1 aromatic heterocycles. The van der Waals surface area contributed by atoms with Crippen molar-refractivity contribution in [2.75, 3.05) is 53.0 Å². The van der Waals surface area contributed by atoms with Crippen LogP contribution in [0.15, 0.2) is 67.0 Å². The molecule has 0 atom stereocenters. The maximum Gasteiger partial charge on any atom is 0.254 e. The lowest BCUT2D eigenvalue weighted by molar-refractivity contribution is -0.122. The number of benzene rings is 2. The number of hydrogen-bond acceptors (Lipinski definition) is 5. The summed E-state index contributed by atoms with van der Waals surface area (Å²) >= 11 is 0. The number of carbonyl (C=O) groups is 2. The van der Waals surface area contributed by atoms with Crippen LogP contribution in [0.4, 0.5) is 0 Å². The zero-order chi connectivity index (χ0) is 24.5. The highest BCUT2D eigenvalue weighted by molar-refractivity contribution is 6.01. The van der Waals surface area contributed by atoms with Gasteiger partial charge in [-0.15, -0.1) is 0 Å². The molecule has 2 amide bonds. The molecule has 184 valence electrons. The number of methoxy groups -OCH3 is 1. The summed E-state index contributed by atoms with van der Waals surface area (Å²) in [5.41, 5.74) is 3.81. The lowest BCUT2D eigenvalue weighted by Crippen LogP contribution is -2.51. The maximum atomic E-state index is 13.4. The molecule has 0 radical (unpaired) electrons. The fourth-order valence-corrected chi connectivity index (χ4v) is 4.27. The minimum atomic E-state index is 0.0160. The third-order valence-electron chi connectivity index (χ3n) is 6.20. The first-order valence-electron chi connectivity index (χ1n) is 12.1. The fraction of sp³-hybridized carbons (Fsp3) is 0.370. The Kier molecular flexibility index (Phi) is 8.64. The first kappa shape index (κ1) is 24.6. The number of hydrogen-bond donors (Lipinski definition) is 1. The Morgan fingerprint density at radius 1 is 1.00 bits per heavy atom. The second-order valence-electron chi connectivity index (χ2n) is 8.71. The van der Waals surface area contributed by atoms with Crippen molar-refractivity contribution in [3.8, 4) is 11.1 Å². The number of ether oxygens (including phenoxy) is 1. The third-order valence-corrected chi connectivity index (χ3v) is 6.20. The van der Waals surface area contributed by atoms with Gasteiger partial charge in [-0.25, -0.2) is 0 Å². The van der Waals surface area contributed by atoms with Crippen LogP contribution >= 0.6 is 0 Å². The molecule has 0 spiro atoms. The molecular weight excluding hydrogens is 442 g/mol. The lowest BCUT2D eigenvalue weighted by atomic mass is 9.97. The van der Waals surface area contributed by atoms with Crippen molar-refractivity contribution < 1.29 is 14.3 Å². The Bertz CT molecular complexity index is 1090. The van der Waals surface area contributed by atoms with E-state index in [1.54, 1.807) is 13.3 Å². The summed E-state index contributed by atoms with van der Waals surface area (Å²) in [7, 11) is 1.65. The van der Waals surface area contributed by atoms with Crippen molar-refractivity contribution in [1.82, 2.24) is 24.9 Å². The molecule has 1 fully saturated rings. The highest BCUT2D eigenvalue weighted by Crippen LogP contribution is 2.26. The molecule has 0 bridgehead atoms. The second kappa shape index (κ2) is 12.3. The largest absolute Gasteiger partial charge is 0.385 e. The summed E-state index contributed by atoms with van der Waals surface area (Å²) in [5, 5.41) is 7.18. The fourth-order valence-electron chi connectivity index (χ4n) is 4.27. The molecule has 8 nitrogen and oxygen atoms in total. The van der Waals surface area contributed by atoms with Crippen LogP contribution in [-0.4, -0.2) is 84.4 Å². The van der Waals surface area contributed by atoms with E-state index in [0.29, 0.717) is 58.0 Å². The van der Waals surface area contributed by atoms with Crippen molar-refractivity contribution in [3.05, 3.63) is 78.1 Å². The van der Waals surface area contributed by atoms with Crippen molar-refractivity contribution in [2.45, 2.75) is 13.0 Å². The number of aromatic nitrogens is 2. The average Bonchev–Trinajstić information content (AvgIpc) is 3.40. The van der Waals surface area contributed by atoms with E-state index in [-0.39, 0.29) is 11.8 Å². The van der Waals surface area contributed by atoms with Crippen LogP contribution in [0.2, 0.25) is 0 Å². The summed E-state index contributed by atoms with van der Waals surface area (Å²) in [4.78, 5) is 29.5. The van der Waals surface area contributed by atoms with Gasteiger partial charge in [-0.05, 0) is 35.2 Å². The molecule has 4 rings (SSSR count). The first-order valence-corrected chi connectivity index (χ1v) is 12.1. The van der Waals surface area contributed by atoms with E-state index >= 15 is 0 Å². The number of rotatable bonds is 10. The van der Waals surface area contributed by atoms with Crippen LogP contribution in [0.5, 0.6) is 0 Å². The van der Waals surface area contributed by atoms with Gasteiger partial charge in [0.25, 0.3) is 5.91 Å². The molecule has 2 heterocycles. The monoisotopic (exact) mass is 475 g/mol. The summed E-state index contributed by atoms with van der Waals surface area (Å²) in [5.74, 6) is 0.0483. The molecule has 1 N–H and O–H groups in total. The Labute approximate surface area is 206 Å². The van der Waals surface area contributed by atoms with Gasteiger partial charge in [0.15, 0.2) is 0 Å². The Balaban J connectivity index is 1.34. The van der Waals surface area contributed by atoms with Crippen molar-refractivity contribution in [3.63, 3.8) is 0 Å². The highest BCUT2D eigenvalue weighted by atomic mass is 16.5. The molecule has 2 aromatic carbocycles. The normalized spacial score (nSPS) is 14.1. The van der Waals surface area contributed by atoms with Gasteiger partial charge in [0.2, 0.25) is 5.91 Å². The second-order valence-corrected chi connectivity index (χ2v) is 8.71. The number of piperazine rings is 1. The molecule has 0 aliphatic carbocycles. The lowest BCUT2D eigenvalue weighted by Gasteiger charge is -2.34. The molecule has 1 saturated heterocycles. The Morgan fingerprint density at radius 2 is 1.77 bits per heavy atom. The summed E-state index contributed by atoms with van der Waals surface area (Å²) < 4.78 is 6.89. The van der Waals surface area contributed by atoms with Crippen LogP contribution < -0.4 is 5.32 Å². The SMILES string of the molecule is COCCCNC(=O)CN1CCN(C(=O)c2ccccc2-c2ccc(Cn3cccn3)cc2)CC1. The van der Waals surface area contributed by atoms with Gasteiger partial charge < -0.3 is 15.0 Å². The molecular formula is C27H33N5O3. The minimum Gasteiger partial charge on any atom is -0.385 e. The zero-order valence-corrected chi connectivity index (χ0v) is 20.2. The van der Waals surface area contributed by atoms with Crippen LogP contribution in [0.25, 0.3) is 11.1 Å². The molecule has 3 aromatic rings. The van der Waals surface area contributed by atoms with Crippen LogP contribution in [0, 0.1) is 0 Å². The topological polar surface area (TPSA) is 79.7 Å². The van der Waals surface area contributed by atoms with Gasteiger partial charge in [0.05, 0.1) is 13.1 Å². The molecule has 35 heavy (non-hydrogen) atoms. The smallest absolute Gasteiger partial charge is 0.254 e. The number of amides is 2. The summed E-state index contributed by atoms with van der Waals surface area (Å²) in [6.07, 6.45) is 4.52. The van der Waals surface area contributed by atoms with Crippen LogP contribution in [0.3, 0.4) is 0 Å². The average molecular weight is 476 g/mol. The predicted molar refractivity (Wildman–Crippen MR) is 135 cm³/mol. The van der Waals surface area contributed by atoms with Gasteiger partial charge in [-0.3, -0.25) is 19.2 Å². The van der Waals surface area contributed by atoms with Gasteiger partial charge in [-0.1, -0.05) is 42.5 Å². The first-order chi connectivity index (χ1) is 17.1. The standard InChI is InChI=1S/C27H33N5O3/c1-35-19-5-12-28-26(33)21-30-15-17-31(18-16-30)27(34)25-7-3-2-6-24(25)23-10-8-22(9-11-23)20-32-14-4-13-29-32/h2-4,6-11,13-14H,5,12,15-21H2,1H3,(H,28,33). The highest BCUT2D eigenvalue weighted by Gasteiger charge is 2.25. The summed E-state index contributed by atoms with van der Waals surface area (Å²) in [6.45, 7) is 4.90. The molecule has 1 aliphatic rings. The van der Waals surface area contributed by atoms with E-state index in [2.05, 4.69) is 39.6 Å². The van der Waals surface area contributed by atoms with E-state index in [1.807, 2.05) is 46.1 Å². The van der Waals surface area contributed by atoms with E-state index < -0.39 is 0 Å². The predicted octanol–water partition coefficient (Wildman–Crippen LogP) is 2.51. The molecule has 0 unspecified atom stereocenters. The minimum absolute atomic E-state index is 0.0160.